The summed E-state index contributed by atoms with van der Waals surface area (Å²) in [5.41, 5.74) is 2.82. The van der Waals surface area contributed by atoms with Crippen LogP contribution in [0.5, 0.6) is 0 Å². The van der Waals surface area contributed by atoms with Gasteiger partial charge in [0.15, 0.2) is 0 Å². The van der Waals surface area contributed by atoms with Crippen LogP contribution in [0.15, 0.2) is 48.5 Å². The van der Waals surface area contributed by atoms with Crippen LogP contribution in [-0.2, 0) is 14.3 Å². The Morgan fingerprint density at radius 1 is 0.971 bits per heavy atom. The number of hydrogen-bond donors (Lipinski definition) is 3. The van der Waals surface area contributed by atoms with E-state index < -0.39 is 22.9 Å². The standard InChI is InChI=1S/C27H32N2O5/c1-26(2,24(31)32)16-28-23(30)27(13-7-8-14-27)17-29-25(33)34-15-22-20-11-5-3-9-18(20)19-10-4-6-12-21(19)22/h3-6,9-12,22H,7-8,13-17H2,1-2H3,(H,28,30)(H,29,33)(H,31,32). The van der Waals surface area contributed by atoms with E-state index >= 15 is 0 Å². The monoisotopic (exact) mass is 464 g/mol. The number of carbonyl (C=O) groups excluding carboxylic acids is 2. The number of hydrogen-bond acceptors (Lipinski definition) is 4. The normalized spacial score (nSPS) is 16.4. The summed E-state index contributed by atoms with van der Waals surface area (Å²) in [4.78, 5) is 37.0. The Bertz CT molecular complexity index is 1040. The van der Waals surface area contributed by atoms with Gasteiger partial charge in [-0.2, -0.15) is 0 Å². The van der Waals surface area contributed by atoms with Gasteiger partial charge in [0.05, 0.1) is 10.8 Å². The minimum Gasteiger partial charge on any atom is -0.481 e. The summed E-state index contributed by atoms with van der Waals surface area (Å²) in [6.45, 7) is 3.57. The van der Waals surface area contributed by atoms with Crippen molar-refractivity contribution in [3.05, 3.63) is 59.7 Å². The Morgan fingerprint density at radius 3 is 2.09 bits per heavy atom. The number of nitrogens with one attached hydrogen (secondary N) is 2. The van der Waals surface area contributed by atoms with Gasteiger partial charge in [0, 0.05) is 19.0 Å². The molecule has 0 aromatic heterocycles. The summed E-state index contributed by atoms with van der Waals surface area (Å²) in [6.07, 6.45) is 2.53. The number of ether oxygens (including phenoxy) is 1. The summed E-state index contributed by atoms with van der Waals surface area (Å²) in [5, 5.41) is 14.9. The maximum atomic E-state index is 13.0. The molecule has 0 radical (unpaired) electrons. The van der Waals surface area contributed by atoms with E-state index in [9.17, 15) is 19.5 Å². The van der Waals surface area contributed by atoms with E-state index in [2.05, 4.69) is 34.9 Å². The number of carboxylic acid groups (broad SMARTS) is 1. The third kappa shape index (κ3) is 4.65. The first kappa shape index (κ1) is 23.8. The summed E-state index contributed by atoms with van der Waals surface area (Å²) in [5.74, 6) is -1.21. The lowest BCUT2D eigenvalue weighted by Gasteiger charge is -2.30. The van der Waals surface area contributed by atoms with Crippen LogP contribution in [0.1, 0.15) is 56.6 Å². The molecule has 2 aliphatic rings. The molecule has 0 spiro atoms. The summed E-state index contributed by atoms with van der Waals surface area (Å²) in [6, 6.07) is 16.3. The topological polar surface area (TPSA) is 105 Å². The number of fused-ring (bicyclic) bond motifs is 3. The molecule has 0 atom stereocenters. The molecule has 7 nitrogen and oxygen atoms in total. The molecule has 2 aromatic carbocycles. The zero-order chi connectivity index (χ0) is 24.3. The number of amides is 2. The van der Waals surface area contributed by atoms with Crippen molar-refractivity contribution in [3.63, 3.8) is 0 Å². The number of carbonyl (C=O) groups is 3. The van der Waals surface area contributed by atoms with Crippen LogP contribution < -0.4 is 10.6 Å². The van der Waals surface area contributed by atoms with Crippen molar-refractivity contribution < 1.29 is 24.2 Å². The van der Waals surface area contributed by atoms with Gasteiger partial charge in [-0.3, -0.25) is 9.59 Å². The van der Waals surface area contributed by atoms with Crippen molar-refractivity contribution in [2.75, 3.05) is 19.7 Å². The van der Waals surface area contributed by atoms with Gasteiger partial charge in [-0.05, 0) is 48.9 Å². The quantitative estimate of drug-likeness (QED) is 0.540. The molecule has 1 saturated carbocycles. The fourth-order valence-electron chi connectivity index (χ4n) is 4.99. The molecule has 0 aliphatic heterocycles. The molecule has 2 aromatic rings. The fourth-order valence-corrected chi connectivity index (χ4v) is 4.99. The second-order valence-corrected chi connectivity index (χ2v) is 10.0. The van der Waals surface area contributed by atoms with Gasteiger partial charge in [0.25, 0.3) is 0 Å². The van der Waals surface area contributed by atoms with E-state index in [1.165, 1.54) is 0 Å². The van der Waals surface area contributed by atoms with Crippen molar-refractivity contribution in [2.45, 2.75) is 45.4 Å². The molecule has 180 valence electrons. The fraction of sp³-hybridized carbons (Fsp3) is 0.444. The first-order valence-electron chi connectivity index (χ1n) is 11.8. The predicted molar refractivity (Wildman–Crippen MR) is 128 cm³/mol. The van der Waals surface area contributed by atoms with Crippen molar-refractivity contribution in [1.82, 2.24) is 10.6 Å². The van der Waals surface area contributed by atoms with Crippen LogP contribution in [0.3, 0.4) is 0 Å². The van der Waals surface area contributed by atoms with Crippen LogP contribution in [0.25, 0.3) is 11.1 Å². The highest BCUT2D eigenvalue weighted by Crippen LogP contribution is 2.44. The zero-order valence-electron chi connectivity index (χ0n) is 19.7. The van der Waals surface area contributed by atoms with E-state index in [0.29, 0.717) is 12.8 Å². The van der Waals surface area contributed by atoms with Crippen molar-refractivity contribution in [1.29, 1.82) is 0 Å². The molecule has 3 N–H and O–H groups in total. The molecule has 0 saturated heterocycles. The van der Waals surface area contributed by atoms with E-state index in [1.807, 2.05) is 24.3 Å². The second-order valence-electron chi connectivity index (χ2n) is 10.0. The van der Waals surface area contributed by atoms with Crippen molar-refractivity contribution in [2.24, 2.45) is 10.8 Å². The molecule has 7 heteroatoms. The third-order valence-corrected chi connectivity index (χ3v) is 7.23. The minimum atomic E-state index is -1.06. The van der Waals surface area contributed by atoms with Gasteiger partial charge in [0.1, 0.15) is 6.61 Å². The summed E-state index contributed by atoms with van der Waals surface area (Å²) in [7, 11) is 0. The maximum absolute atomic E-state index is 13.0. The van der Waals surface area contributed by atoms with E-state index in [-0.39, 0.29) is 31.5 Å². The van der Waals surface area contributed by atoms with Gasteiger partial charge >= 0.3 is 12.1 Å². The predicted octanol–water partition coefficient (Wildman–Crippen LogP) is 4.31. The highest BCUT2D eigenvalue weighted by molar-refractivity contribution is 5.85. The van der Waals surface area contributed by atoms with Crippen LogP contribution in [0.4, 0.5) is 4.79 Å². The SMILES string of the molecule is CC(C)(CNC(=O)C1(CNC(=O)OCC2c3ccccc3-c3ccccc32)CCCC1)C(=O)O. The highest BCUT2D eigenvalue weighted by Gasteiger charge is 2.42. The molecular weight excluding hydrogens is 432 g/mol. The van der Waals surface area contributed by atoms with Crippen molar-refractivity contribution >= 4 is 18.0 Å². The van der Waals surface area contributed by atoms with Gasteiger partial charge in [-0.1, -0.05) is 61.4 Å². The van der Waals surface area contributed by atoms with Gasteiger partial charge < -0.3 is 20.5 Å². The Balaban J connectivity index is 1.36. The molecule has 0 heterocycles. The van der Waals surface area contributed by atoms with Gasteiger partial charge in [0.2, 0.25) is 5.91 Å². The molecule has 2 aliphatic carbocycles. The summed E-state index contributed by atoms with van der Waals surface area (Å²) >= 11 is 0. The van der Waals surface area contributed by atoms with E-state index in [0.717, 1.165) is 35.1 Å². The summed E-state index contributed by atoms with van der Waals surface area (Å²) < 4.78 is 5.61. The molecule has 2 amide bonds. The number of alkyl carbamates (subject to hydrolysis) is 1. The van der Waals surface area contributed by atoms with Crippen LogP contribution >= 0.6 is 0 Å². The lowest BCUT2D eigenvalue weighted by Crippen LogP contribution is -2.50. The second kappa shape index (κ2) is 9.49. The Kier molecular flexibility index (Phi) is 6.64. The van der Waals surface area contributed by atoms with Gasteiger partial charge in [-0.15, -0.1) is 0 Å². The number of rotatable bonds is 8. The number of aliphatic carboxylic acids is 1. The van der Waals surface area contributed by atoms with Crippen molar-refractivity contribution in [3.8, 4) is 11.1 Å². The third-order valence-electron chi connectivity index (χ3n) is 7.23. The smallest absolute Gasteiger partial charge is 0.407 e. The molecule has 4 rings (SSSR count). The zero-order valence-corrected chi connectivity index (χ0v) is 19.7. The van der Waals surface area contributed by atoms with Crippen LogP contribution in [0.2, 0.25) is 0 Å². The molecule has 34 heavy (non-hydrogen) atoms. The van der Waals surface area contributed by atoms with E-state index in [1.54, 1.807) is 13.8 Å². The maximum Gasteiger partial charge on any atom is 0.407 e. The Hall–Kier alpha value is -3.35. The Labute approximate surface area is 199 Å². The molecule has 0 bridgehead atoms. The number of benzene rings is 2. The number of carboxylic acids is 1. The van der Waals surface area contributed by atoms with E-state index in [4.69, 9.17) is 4.74 Å². The largest absolute Gasteiger partial charge is 0.481 e. The highest BCUT2D eigenvalue weighted by atomic mass is 16.5. The molecular formula is C27H32N2O5. The van der Waals surface area contributed by atoms with Crippen LogP contribution in [-0.4, -0.2) is 42.8 Å². The average Bonchev–Trinajstić information content (AvgIpc) is 3.44. The lowest BCUT2D eigenvalue weighted by molar-refractivity contribution is -0.147. The molecule has 1 fully saturated rings. The first-order chi connectivity index (χ1) is 16.2. The average molecular weight is 465 g/mol. The Morgan fingerprint density at radius 2 is 1.53 bits per heavy atom. The first-order valence-corrected chi connectivity index (χ1v) is 11.8. The minimum absolute atomic E-state index is 0.0276. The lowest BCUT2D eigenvalue weighted by atomic mass is 9.84. The van der Waals surface area contributed by atoms with Crippen LogP contribution in [0, 0.1) is 10.8 Å². The molecule has 0 unspecified atom stereocenters. The van der Waals surface area contributed by atoms with Gasteiger partial charge in [-0.25, -0.2) is 4.79 Å².